The Hall–Kier alpha value is -1.07. The Balaban J connectivity index is 2.65. The smallest absolute Gasteiger partial charge is 0.209 e. The van der Waals surface area contributed by atoms with Gasteiger partial charge in [0.2, 0.25) is 10.0 Å². The maximum atomic E-state index is 10.9. The van der Waals surface area contributed by atoms with Crippen molar-refractivity contribution in [3.05, 3.63) is 29.8 Å². The van der Waals surface area contributed by atoms with Crippen molar-refractivity contribution in [2.45, 2.75) is 13.5 Å². The van der Waals surface area contributed by atoms with Crippen LogP contribution in [0.3, 0.4) is 0 Å². The van der Waals surface area contributed by atoms with Gasteiger partial charge in [-0.15, -0.1) is 0 Å². The largest absolute Gasteiger partial charge is 0.494 e. The van der Waals surface area contributed by atoms with Crippen LogP contribution in [0.5, 0.6) is 5.75 Å². The van der Waals surface area contributed by atoms with Gasteiger partial charge in [-0.1, -0.05) is 12.1 Å². The first-order valence-corrected chi connectivity index (χ1v) is 6.57. The highest BCUT2D eigenvalue weighted by molar-refractivity contribution is 7.88. The standard InChI is InChI=1S/C10H15NO3S/c1-3-14-10-6-4-5-9(7-10)8-11-15(2,12)13/h4-7,11H,3,8H2,1-2H3. The van der Waals surface area contributed by atoms with E-state index in [1.54, 1.807) is 0 Å². The molecule has 0 bridgehead atoms. The van der Waals surface area contributed by atoms with Gasteiger partial charge in [0.25, 0.3) is 0 Å². The third-order valence-corrected chi connectivity index (χ3v) is 2.42. The summed E-state index contributed by atoms with van der Waals surface area (Å²) in [6.45, 7) is 2.80. The predicted molar refractivity (Wildman–Crippen MR) is 59.3 cm³/mol. The molecular weight excluding hydrogens is 214 g/mol. The fraction of sp³-hybridized carbons (Fsp3) is 0.400. The monoisotopic (exact) mass is 229 g/mol. The number of sulfonamides is 1. The first-order valence-electron chi connectivity index (χ1n) is 4.67. The highest BCUT2D eigenvalue weighted by Gasteiger charge is 2.01. The van der Waals surface area contributed by atoms with Crippen molar-refractivity contribution in [2.24, 2.45) is 0 Å². The summed E-state index contributed by atoms with van der Waals surface area (Å²) < 4.78 is 29.5. The first-order chi connectivity index (χ1) is 7.01. The van der Waals surface area contributed by atoms with Crippen molar-refractivity contribution in [1.82, 2.24) is 4.72 Å². The lowest BCUT2D eigenvalue weighted by Gasteiger charge is -2.06. The van der Waals surface area contributed by atoms with Gasteiger partial charge in [0.15, 0.2) is 0 Å². The molecule has 0 spiro atoms. The van der Waals surface area contributed by atoms with Gasteiger partial charge in [-0.3, -0.25) is 0 Å². The second kappa shape index (κ2) is 5.14. The fourth-order valence-corrected chi connectivity index (χ4v) is 1.56. The molecule has 0 saturated carbocycles. The molecule has 1 rings (SSSR count). The summed E-state index contributed by atoms with van der Waals surface area (Å²) in [5, 5.41) is 0. The lowest BCUT2D eigenvalue weighted by Crippen LogP contribution is -2.21. The van der Waals surface area contributed by atoms with Crippen LogP contribution in [0.4, 0.5) is 0 Å². The minimum atomic E-state index is -3.14. The van der Waals surface area contributed by atoms with E-state index in [9.17, 15) is 8.42 Å². The molecular formula is C10H15NO3S. The van der Waals surface area contributed by atoms with Gasteiger partial charge in [-0.05, 0) is 24.6 Å². The Morgan fingerprint density at radius 3 is 2.73 bits per heavy atom. The number of rotatable bonds is 5. The maximum Gasteiger partial charge on any atom is 0.209 e. The molecule has 0 aliphatic heterocycles. The molecule has 1 aromatic rings. The van der Waals surface area contributed by atoms with Gasteiger partial charge in [-0.2, -0.15) is 0 Å². The van der Waals surface area contributed by atoms with Gasteiger partial charge in [0, 0.05) is 6.54 Å². The van der Waals surface area contributed by atoms with Crippen LogP contribution >= 0.6 is 0 Å². The SMILES string of the molecule is CCOc1cccc(CNS(C)(=O)=O)c1. The summed E-state index contributed by atoms with van der Waals surface area (Å²) in [4.78, 5) is 0. The zero-order valence-electron chi connectivity index (χ0n) is 8.86. The Kier molecular flexibility index (Phi) is 4.11. The van der Waals surface area contributed by atoms with Crippen molar-refractivity contribution >= 4 is 10.0 Å². The molecule has 4 nitrogen and oxygen atoms in total. The number of nitrogens with one attached hydrogen (secondary N) is 1. The van der Waals surface area contributed by atoms with Gasteiger partial charge in [0.05, 0.1) is 12.9 Å². The summed E-state index contributed by atoms with van der Waals surface area (Å²) in [6, 6.07) is 7.35. The zero-order chi connectivity index (χ0) is 11.3. The Labute approximate surface area is 90.3 Å². The summed E-state index contributed by atoms with van der Waals surface area (Å²) >= 11 is 0. The van der Waals surface area contributed by atoms with Crippen LogP contribution in [0.25, 0.3) is 0 Å². The van der Waals surface area contributed by atoms with E-state index < -0.39 is 10.0 Å². The molecule has 0 aromatic heterocycles. The van der Waals surface area contributed by atoms with Crippen LogP contribution in [-0.2, 0) is 16.6 Å². The van der Waals surface area contributed by atoms with E-state index >= 15 is 0 Å². The van der Waals surface area contributed by atoms with Crippen LogP contribution in [-0.4, -0.2) is 21.3 Å². The molecule has 0 heterocycles. The van der Waals surface area contributed by atoms with Crippen molar-refractivity contribution in [2.75, 3.05) is 12.9 Å². The van der Waals surface area contributed by atoms with E-state index in [0.29, 0.717) is 13.2 Å². The van der Waals surface area contributed by atoms with E-state index in [0.717, 1.165) is 17.6 Å². The van der Waals surface area contributed by atoms with E-state index in [1.807, 2.05) is 31.2 Å². The molecule has 0 atom stereocenters. The third kappa shape index (κ3) is 4.80. The van der Waals surface area contributed by atoms with Crippen LogP contribution < -0.4 is 9.46 Å². The highest BCUT2D eigenvalue weighted by Crippen LogP contribution is 2.12. The van der Waals surface area contributed by atoms with Crippen molar-refractivity contribution < 1.29 is 13.2 Å². The minimum Gasteiger partial charge on any atom is -0.494 e. The maximum absolute atomic E-state index is 10.9. The predicted octanol–water partition coefficient (Wildman–Crippen LogP) is 1.13. The third-order valence-electron chi connectivity index (χ3n) is 1.75. The van der Waals surface area contributed by atoms with Gasteiger partial charge in [-0.25, -0.2) is 13.1 Å². The lowest BCUT2D eigenvalue weighted by molar-refractivity contribution is 0.340. The molecule has 1 aromatic carbocycles. The van der Waals surface area contributed by atoms with Gasteiger partial charge >= 0.3 is 0 Å². The number of benzene rings is 1. The first kappa shape index (κ1) is 12.0. The average molecular weight is 229 g/mol. The van der Waals surface area contributed by atoms with Crippen LogP contribution in [0.2, 0.25) is 0 Å². The van der Waals surface area contributed by atoms with E-state index in [4.69, 9.17) is 4.74 Å². The Morgan fingerprint density at radius 1 is 1.40 bits per heavy atom. The zero-order valence-corrected chi connectivity index (χ0v) is 9.67. The number of ether oxygens (including phenoxy) is 1. The van der Waals surface area contributed by atoms with Crippen LogP contribution in [0.15, 0.2) is 24.3 Å². The number of hydrogen-bond donors (Lipinski definition) is 1. The fourth-order valence-electron chi connectivity index (χ4n) is 1.13. The van der Waals surface area contributed by atoms with Gasteiger partial charge < -0.3 is 4.74 Å². The molecule has 0 aliphatic rings. The molecule has 0 amide bonds. The van der Waals surface area contributed by atoms with Crippen LogP contribution in [0.1, 0.15) is 12.5 Å². The molecule has 0 fully saturated rings. The van der Waals surface area contributed by atoms with Crippen molar-refractivity contribution in [3.8, 4) is 5.75 Å². The molecule has 84 valence electrons. The molecule has 0 radical (unpaired) electrons. The number of hydrogen-bond acceptors (Lipinski definition) is 3. The summed E-state index contributed by atoms with van der Waals surface area (Å²) in [6.07, 6.45) is 1.14. The minimum absolute atomic E-state index is 0.291. The normalized spacial score (nSPS) is 11.3. The molecule has 15 heavy (non-hydrogen) atoms. The van der Waals surface area contributed by atoms with E-state index in [2.05, 4.69) is 4.72 Å². The topological polar surface area (TPSA) is 55.4 Å². The molecule has 0 unspecified atom stereocenters. The molecule has 1 N–H and O–H groups in total. The molecule has 5 heteroatoms. The average Bonchev–Trinajstić information content (AvgIpc) is 2.15. The molecule has 0 saturated heterocycles. The van der Waals surface area contributed by atoms with E-state index in [-0.39, 0.29) is 0 Å². The second-order valence-corrected chi connectivity index (χ2v) is 5.01. The van der Waals surface area contributed by atoms with Crippen LogP contribution in [0, 0.1) is 0 Å². The molecule has 0 aliphatic carbocycles. The Morgan fingerprint density at radius 2 is 2.13 bits per heavy atom. The second-order valence-electron chi connectivity index (χ2n) is 3.17. The Bertz CT molecular complexity index is 414. The highest BCUT2D eigenvalue weighted by atomic mass is 32.2. The summed E-state index contributed by atoms with van der Waals surface area (Å²) in [5.41, 5.74) is 0.881. The van der Waals surface area contributed by atoms with Crippen molar-refractivity contribution in [3.63, 3.8) is 0 Å². The summed E-state index contributed by atoms with van der Waals surface area (Å²) in [5.74, 6) is 0.755. The summed E-state index contributed by atoms with van der Waals surface area (Å²) in [7, 11) is -3.14. The van der Waals surface area contributed by atoms with Gasteiger partial charge in [0.1, 0.15) is 5.75 Å². The van der Waals surface area contributed by atoms with Crippen molar-refractivity contribution in [1.29, 1.82) is 0 Å². The lowest BCUT2D eigenvalue weighted by atomic mass is 10.2. The quantitative estimate of drug-likeness (QED) is 0.823. The van der Waals surface area contributed by atoms with E-state index in [1.165, 1.54) is 0 Å².